The van der Waals surface area contributed by atoms with E-state index in [1.54, 1.807) is 11.3 Å². The van der Waals surface area contributed by atoms with Crippen LogP contribution in [0.4, 0.5) is 5.13 Å². The van der Waals surface area contributed by atoms with Crippen LogP contribution in [0.2, 0.25) is 0 Å². The highest BCUT2D eigenvalue weighted by atomic mass is 35.5. The summed E-state index contributed by atoms with van der Waals surface area (Å²) in [4.78, 5) is 12.4. The van der Waals surface area contributed by atoms with Crippen molar-refractivity contribution in [1.82, 2.24) is 20.0 Å². The summed E-state index contributed by atoms with van der Waals surface area (Å²) >= 11 is 1.56. The lowest BCUT2D eigenvalue weighted by Crippen LogP contribution is -2.28. The quantitative estimate of drug-likeness (QED) is 0.896. The molecule has 0 spiro atoms. The molecule has 0 radical (unpaired) electrons. The SMILES string of the molecule is CC(C)c1nc(C2CCCCCN2Cc2cnc(N)s2)no1.Cl. The van der Waals surface area contributed by atoms with E-state index in [1.165, 1.54) is 24.1 Å². The van der Waals surface area contributed by atoms with Crippen molar-refractivity contribution in [2.24, 2.45) is 0 Å². The van der Waals surface area contributed by atoms with Gasteiger partial charge in [0.25, 0.3) is 0 Å². The fourth-order valence-electron chi connectivity index (χ4n) is 2.86. The van der Waals surface area contributed by atoms with Gasteiger partial charge in [-0.3, -0.25) is 4.90 Å². The molecule has 128 valence electrons. The fourth-order valence-corrected chi connectivity index (χ4v) is 3.57. The average Bonchev–Trinajstić information content (AvgIpc) is 3.05. The monoisotopic (exact) mass is 357 g/mol. The topological polar surface area (TPSA) is 81.1 Å². The first-order valence-corrected chi connectivity index (χ1v) is 8.73. The zero-order chi connectivity index (χ0) is 15.5. The van der Waals surface area contributed by atoms with E-state index in [9.17, 15) is 0 Å². The molecule has 1 aliphatic heterocycles. The molecule has 6 nitrogen and oxygen atoms in total. The second-order valence-corrected chi connectivity index (χ2v) is 7.29. The maximum absolute atomic E-state index is 5.75. The molecule has 0 aliphatic carbocycles. The number of anilines is 1. The van der Waals surface area contributed by atoms with E-state index in [-0.39, 0.29) is 24.4 Å². The molecule has 1 fully saturated rings. The van der Waals surface area contributed by atoms with Crippen molar-refractivity contribution < 1.29 is 4.52 Å². The Morgan fingerprint density at radius 1 is 1.39 bits per heavy atom. The van der Waals surface area contributed by atoms with E-state index >= 15 is 0 Å². The van der Waals surface area contributed by atoms with Crippen molar-refractivity contribution >= 4 is 28.9 Å². The molecular weight excluding hydrogens is 334 g/mol. The second-order valence-electron chi connectivity index (χ2n) is 6.15. The minimum absolute atomic E-state index is 0. The van der Waals surface area contributed by atoms with Gasteiger partial charge in [-0.05, 0) is 19.4 Å². The number of aromatic nitrogens is 3. The third-order valence-corrected chi connectivity index (χ3v) is 4.85. The Bertz CT molecular complexity index is 615. The Hall–Kier alpha value is -1.18. The molecular formula is C15H24ClN5OS. The minimum atomic E-state index is 0. The molecule has 8 heteroatoms. The summed E-state index contributed by atoms with van der Waals surface area (Å²) in [5, 5.41) is 4.86. The van der Waals surface area contributed by atoms with Crippen LogP contribution >= 0.6 is 23.7 Å². The molecule has 3 heterocycles. The first-order valence-electron chi connectivity index (χ1n) is 7.91. The predicted octanol–water partition coefficient (Wildman–Crippen LogP) is 3.77. The van der Waals surface area contributed by atoms with Gasteiger partial charge in [0, 0.05) is 23.5 Å². The summed E-state index contributed by atoms with van der Waals surface area (Å²) in [5.41, 5.74) is 5.75. The number of halogens is 1. The zero-order valence-electron chi connectivity index (χ0n) is 13.6. The van der Waals surface area contributed by atoms with Gasteiger partial charge < -0.3 is 10.3 Å². The highest BCUT2D eigenvalue weighted by Gasteiger charge is 2.27. The number of likely N-dealkylation sites (tertiary alicyclic amines) is 1. The van der Waals surface area contributed by atoms with Crippen molar-refractivity contribution in [3.63, 3.8) is 0 Å². The van der Waals surface area contributed by atoms with Crippen LogP contribution in [0.3, 0.4) is 0 Å². The highest BCUT2D eigenvalue weighted by Crippen LogP contribution is 2.31. The Morgan fingerprint density at radius 2 is 2.22 bits per heavy atom. The molecule has 2 N–H and O–H groups in total. The van der Waals surface area contributed by atoms with E-state index in [4.69, 9.17) is 10.3 Å². The number of thiazole rings is 1. The molecule has 3 rings (SSSR count). The van der Waals surface area contributed by atoms with Crippen LogP contribution < -0.4 is 5.73 Å². The van der Waals surface area contributed by atoms with E-state index in [0.29, 0.717) is 5.13 Å². The van der Waals surface area contributed by atoms with Gasteiger partial charge in [-0.1, -0.05) is 31.8 Å². The number of nitrogens with zero attached hydrogens (tertiary/aromatic N) is 4. The van der Waals surface area contributed by atoms with E-state index in [0.717, 1.165) is 31.2 Å². The van der Waals surface area contributed by atoms with Gasteiger partial charge >= 0.3 is 0 Å². The molecule has 2 aromatic rings. The Labute approximate surface area is 146 Å². The molecule has 1 saturated heterocycles. The molecule has 0 saturated carbocycles. The average molecular weight is 358 g/mol. The molecule has 1 unspecified atom stereocenters. The smallest absolute Gasteiger partial charge is 0.229 e. The molecule has 1 atom stereocenters. The van der Waals surface area contributed by atoms with Crippen LogP contribution in [0.5, 0.6) is 0 Å². The summed E-state index contributed by atoms with van der Waals surface area (Å²) in [6, 6.07) is 0.224. The van der Waals surface area contributed by atoms with Crippen LogP contribution in [-0.2, 0) is 6.54 Å². The largest absolute Gasteiger partial charge is 0.375 e. The summed E-state index contributed by atoms with van der Waals surface area (Å²) in [6.45, 7) is 6.05. The maximum Gasteiger partial charge on any atom is 0.229 e. The summed E-state index contributed by atoms with van der Waals surface area (Å²) in [5.74, 6) is 1.81. The number of nitrogens with two attached hydrogens (primary N) is 1. The Morgan fingerprint density at radius 3 is 2.87 bits per heavy atom. The van der Waals surface area contributed by atoms with Crippen LogP contribution in [0.25, 0.3) is 0 Å². The van der Waals surface area contributed by atoms with Crippen molar-refractivity contribution in [3.8, 4) is 0 Å². The minimum Gasteiger partial charge on any atom is -0.375 e. The summed E-state index contributed by atoms with van der Waals surface area (Å²) in [6.07, 6.45) is 6.62. The van der Waals surface area contributed by atoms with Crippen LogP contribution in [-0.4, -0.2) is 26.6 Å². The second kappa shape index (κ2) is 8.08. The number of hydrogen-bond donors (Lipinski definition) is 1. The summed E-state index contributed by atoms with van der Waals surface area (Å²) < 4.78 is 5.41. The zero-order valence-corrected chi connectivity index (χ0v) is 15.2. The number of hydrogen-bond acceptors (Lipinski definition) is 7. The Balaban J connectivity index is 0.00000192. The van der Waals surface area contributed by atoms with Crippen LogP contribution in [0, 0.1) is 0 Å². The summed E-state index contributed by atoms with van der Waals surface area (Å²) in [7, 11) is 0. The van der Waals surface area contributed by atoms with E-state index in [2.05, 4.69) is 33.9 Å². The molecule has 0 amide bonds. The normalized spacial score (nSPS) is 19.5. The van der Waals surface area contributed by atoms with Gasteiger partial charge in [-0.25, -0.2) is 4.98 Å². The molecule has 1 aliphatic rings. The van der Waals surface area contributed by atoms with Crippen LogP contribution in [0.1, 0.15) is 68.1 Å². The lowest BCUT2D eigenvalue weighted by molar-refractivity contribution is 0.182. The maximum atomic E-state index is 5.75. The Kier molecular flexibility index (Phi) is 6.38. The third kappa shape index (κ3) is 4.43. The van der Waals surface area contributed by atoms with E-state index in [1.807, 2.05) is 6.20 Å². The third-order valence-electron chi connectivity index (χ3n) is 4.04. The molecule has 0 aromatic carbocycles. The highest BCUT2D eigenvalue weighted by molar-refractivity contribution is 7.15. The first kappa shape index (κ1) is 18.2. The van der Waals surface area contributed by atoms with Gasteiger partial charge in [-0.15, -0.1) is 23.7 Å². The molecule has 23 heavy (non-hydrogen) atoms. The fraction of sp³-hybridized carbons (Fsp3) is 0.667. The van der Waals surface area contributed by atoms with Crippen molar-refractivity contribution in [3.05, 3.63) is 22.8 Å². The number of rotatable bonds is 4. The van der Waals surface area contributed by atoms with Crippen molar-refractivity contribution in [2.75, 3.05) is 12.3 Å². The van der Waals surface area contributed by atoms with Crippen LogP contribution in [0.15, 0.2) is 10.7 Å². The first-order chi connectivity index (χ1) is 10.6. The predicted molar refractivity (Wildman–Crippen MR) is 93.8 cm³/mol. The van der Waals surface area contributed by atoms with Gasteiger partial charge in [0.1, 0.15) is 0 Å². The molecule has 0 bridgehead atoms. The van der Waals surface area contributed by atoms with E-state index < -0.39 is 0 Å². The van der Waals surface area contributed by atoms with Crippen molar-refractivity contribution in [1.29, 1.82) is 0 Å². The van der Waals surface area contributed by atoms with Gasteiger partial charge in [-0.2, -0.15) is 4.98 Å². The van der Waals surface area contributed by atoms with Crippen molar-refractivity contribution in [2.45, 2.75) is 58.0 Å². The number of nitrogen functional groups attached to an aromatic ring is 1. The van der Waals surface area contributed by atoms with Gasteiger partial charge in [0.15, 0.2) is 11.0 Å². The van der Waals surface area contributed by atoms with Gasteiger partial charge in [0.2, 0.25) is 5.89 Å². The standard InChI is InChI=1S/C15H23N5OS.ClH/c1-10(2)14-18-13(19-21-14)12-6-4-3-5-7-20(12)9-11-8-17-15(16)22-11;/h8,10,12H,3-7,9H2,1-2H3,(H2,16,17);1H. The lowest BCUT2D eigenvalue weighted by Gasteiger charge is -2.26. The molecule has 2 aromatic heterocycles. The van der Waals surface area contributed by atoms with Gasteiger partial charge in [0.05, 0.1) is 6.04 Å². The lowest BCUT2D eigenvalue weighted by atomic mass is 10.1.